The van der Waals surface area contributed by atoms with E-state index >= 15 is 0 Å². The molecule has 2 unspecified atom stereocenters. The highest BCUT2D eigenvalue weighted by molar-refractivity contribution is 7.22. The Hall–Kier alpha value is -1.66. The number of hydrogen-bond acceptors (Lipinski definition) is 6. The van der Waals surface area contributed by atoms with Crippen LogP contribution < -0.4 is 16.0 Å². The van der Waals surface area contributed by atoms with Crippen molar-refractivity contribution in [2.24, 2.45) is 10.9 Å². The maximum atomic E-state index is 4.71. The standard InChI is InChI=1S/C17H23N5S/c1-3-12-6-7-18-9-17(12)10-19-15(22-17)21-16-20-13-5-4-11(2)8-14(13)23-16/h4-5,8,12,18H,3,6-7,9-10H2,1-2H3,(H2,19,20,21,22). The number of nitrogens with one attached hydrogen (secondary N) is 3. The van der Waals surface area contributed by atoms with Crippen molar-refractivity contribution in [3.63, 3.8) is 0 Å². The van der Waals surface area contributed by atoms with Crippen LogP contribution in [0.2, 0.25) is 0 Å². The molecule has 3 N–H and O–H groups in total. The van der Waals surface area contributed by atoms with E-state index in [2.05, 4.69) is 53.0 Å². The molecule has 2 aliphatic rings. The quantitative estimate of drug-likeness (QED) is 0.793. The van der Waals surface area contributed by atoms with E-state index in [1.807, 2.05) is 0 Å². The maximum Gasteiger partial charge on any atom is 0.198 e. The van der Waals surface area contributed by atoms with Gasteiger partial charge >= 0.3 is 0 Å². The van der Waals surface area contributed by atoms with E-state index in [0.717, 1.165) is 36.2 Å². The second-order valence-corrected chi connectivity index (χ2v) is 7.66. The van der Waals surface area contributed by atoms with Crippen molar-refractivity contribution in [2.75, 3.05) is 25.0 Å². The molecular weight excluding hydrogens is 306 g/mol. The largest absolute Gasteiger partial charge is 0.347 e. The molecule has 2 atom stereocenters. The third-order valence-corrected chi connectivity index (χ3v) is 5.97. The van der Waals surface area contributed by atoms with Crippen molar-refractivity contribution >= 4 is 32.6 Å². The van der Waals surface area contributed by atoms with Gasteiger partial charge in [0.05, 0.1) is 22.3 Å². The fourth-order valence-corrected chi connectivity index (χ4v) is 4.69. The van der Waals surface area contributed by atoms with Gasteiger partial charge in [-0.15, -0.1) is 0 Å². The Kier molecular flexibility index (Phi) is 3.73. The lowest BCUT2D eigenvalue weighted by Crippen LogP contribution is -2.62. The highest BCUT2D eigenvalue weighted by atomic mass is 32.1. The van der Waals surface area contributed by atoms with Gasteiger partial charge in [0.2, 0.25) is 0 Å². The van der Waals surface area contributed by atoms with Gasteiger partial charge in [0.25, 0.3) is 0 Å². The summed E-state index contributed by atoms with van der Waals surface area (Å²) in [6.45, 7) is 7.33. The van der Waals surface area contributed by atoms with E-state index in [-0.39, 0.29) is 5.54 Å². The number of anilines is 1. The van der Waals surface area contributed by atoms with Crippen molar-refractivity contribution in [3.05, 3.63) is 23.8 Å². The van der Waals surface area contributed by atoms with E-state index in [0.29, 0.717) is 5.92 Å². The van der Waals surface area contributed by atoms with Gasteiger partial charge in [0.15, 0.2) is 11.1 Å². The zero-order chi connectivity index (χ0) is 15.9. The highest BCUT2D eigenvalue weighted by Crippen LogP contribution is 2.31. The number of nitrogens with zero attached hydrogens (tertiary/aromatic N) is 2. The zero-order valence-corrected chi connectivity index (χ0v) is 14.5. The Morgan fingerprint density at radius 2 is 2.35 bits per heavy atom. The number of rotatable bonds is 2. The summed E-state index contributed by atoms with van der Waals surface area (Å²) in [5, 5.41) is 11.5. The predicted octanol–water partition coefficient (Wildman–Crippen LogP) is 2.73. The Labute approximate surface area is 140 Å². The number of guanidine groups is 1. The summed E-state index contributed by atoms with van der Waals surface area (Å²) in [6, 6.07) is 6.36. The Bertz CT molecular complexity index is 753. The predicted molar refractivity (Wildman–Crippen MR) is 97.4 cm³/mol. The number of aliphatic imine (C=N–C) groups is 1. The first-order valence-corrected chi connectivity index (χ1v) is 9.18. The van der Waals surface area contributed by atoms with E-state index in [1.54, 1.807) is 11.3 Å². The second-order valence-electron chi connectivity index (χ2n) is 6.63. The first-order valence-electron chi connectivity index (χ1n) is 8.36. The number of thiazole rings is 1. The maximum absolute atomic E-state index is 4.71. The topological polar surface area (TPSA) is 61.3 Å². The van der Waals surface area contributed by atoms with Crippen LogP contribution in [0.5, 0.6) is 0 Å². The number of benzene rings is 1. The van der Waals surface area contributed by atoms with Crippen LogP contribution >= 0.6 is 11.3 Å². The third kappa shape index (κ3) is 2.70. The molecule has 0 radical (unpaired) electrons. The van der Waals surface area contributed by atoms with Crippen LogP contribution in [0.1, 0.15) is 25.3 Å². The molecular formula is C17H23N5S. The molecule has 1 aromatic carbocycles. The Morgan fingerprint density at radius 3 is 3.22 bits per heavy atom. The van der Waals surface area contributed by atoms with Crippen LogP contribution in [-0.4, -0.2) is 36.1 Å². The molecule has 1 fully saturated rings. The number of fused-ring (bicyclic) bond motifs is 1. The average molecular weight is 329 g/mol. The minimum absolute atomic E-state index is 0.0720. The fraction of sp³-hybridized carbons (Fsp3) is 0.529. The van der Waals surface area contributed by atoms with Gasteiger partial charge in [0, 0.05) is 6.54 Å². The zero-order valence-electron chi connectivity index (χ0n) is 13.6. The van der Waals surface area contributed by atoms with Crippen LogP contribution in [0.4, 0.5) is 5.13 Å². The molecule has 5 nitrogen and oxygen atoms in total. The number of aryl methyl sites for hydroxylation is 1. The lowest BCUT2D eigenvalue weighted by Gasteiger charge is -2.41. The molecule has 0 amide bonds. The summed E-state index contributed by atoms with van der Waals surface area (Å²) >= 11 is 1.68. The minimum Gasteiger partial charge on any atom is -0.347 e. The molecule has 3 heterocycles. The van der Waals surface area contributed by atoms with E-state index in [4.69, 9.17) is 4.99 Å². The molecule has 0 aliphatic carbocycles. The van der Waals surface area contributed by atoms with Crippen molar-refractivity contribution in [1.82, 2.24) is 15.6 Å². The molecule has 0 saturated carbocycles. The van der Waals surface area contributed by atoms with Crippen LogP contribution in [0.15, 0.2) is 23.2 Å². The molecule has 23 heavy (non-hydrogen) atoms. The van der Waals surface area contributed by atoms with E-state index in [1.165, 1.54) is 23.1 Å². The summed E-state index contributed by atoms with van der Waals surface area (Å²) in [5.41, 5.74) is 2.38. The molecule has 2 aliphatic heterocycles. The highest BCUT2D eigenvalue weighted by Gasteiger charge is 2.43. The Morgan fingerprint density at radius 1 is 1.43 bits per heavy atom. The number of piperidine rings is 1. The smallest absolute Gasteiger partial charge is 0.198 e. The number of hydrogen-bond donors (Lipinski definition) is 3. The summed E-state index contributed by atoms with van der Waals surface area (Å²) in [5.74, 6) is 1.53. The second kappa shape index (κ2) is 5.76. The number of aromatic nitrogens is 1. The molecule has 0 bridgehead atoms. The monoisotopic (exact) mass is 329 g/mol. The van der Waals surface area contributed by atoms with Gasteiger partial charge in [-0.2, -0.15) is 0 Å². The van der Waals surface area contributed by atoms with Crippen molar-refractivity contribution in [2.45, 2.75) is 32.2 Å². The third-order valence-electron chi connectivity index (χ3n) is 5.04. The van der Waals surface area contributed by atoms with Gasteiger partial charge in [-0.1, -0.05) is 30.7 Å². The summed E-state index contributed by atoms with van der Waals surface area (Å²) < 4.78 is 1.21. The minimum atomic E-state index is 0.0720. The lowest BCUT2D eigenvalue weighted by atomic mass is 9.78. The molecule has 1 saturated heterocycles. The van der Waals surface area contributed by atoms with Gasteiger partial charge in [0.1, 0.15) is 0 Å². The van der Waals surface area contributed by atoms with Crippen molar-refractivity contribution in [1.29, 1.82) is 0 Å². The summed E-state index contributed by atoms with van der Waals surface area (Å²) in [7, 11) is 0. The molecule has 4 rings (SSSR count). The average Bonchev–Trinajstić information content (AvgIpc) is 3.12. The van der Waals surface area contributed by atoms with Crippen LogP contribution in [0, 0.1) is 12.8 Å². The molecule has 1 aromatic heterocycles. The van der Waals surface area contributed by atoms with Gasteiger partial charge in [-0.25, -0.2) is 4.98 Å². The van der Waals surface area contributed by atoms with Crippen molar-refractivity contribution in [3.8, 4) is 0 Å². The molecule has 122 valence electrons. The van der Waals surface area contributed by atoms with Crippen LogP contribution in [0.3, 0.4) is 0 Å². The summed E-state index contributed by atoms with van der Waals surface area (Å²) in [4.78, 5) is 9.38. The SMILES string of the molecule is CCC1CCNCC12CN=C(Nc1nc3ccc(C)cc3s1)N2. The van der Waals surface area contributed by atoms with Gasteiger partial charge < -0.3 is 16.0 Å². The molecule has 6 heteroatoms. The fourth-order valence-electron chi connectivity index (χ4n) is 3.73. The van der Waals surface area contributed by atoms with E-state index < -0.39 is 0 Å². The van der Waals surface area contributed by atoms with Crippen molar-refractivity contribution < 1.29 is 0 Å². The van der Waals surface area contributed by atoms with E-state index in [9.17, 15) is 0 Å². The first kappa shape index (κ1) is 14.9. The first-order chi connectivity index (χ1) is 11.2. The van der Waals surface area contributed by atoms with Crippen LogP contribution in [-0.2, 0) is 0 Å². The lowest BCUT2D eigenvalue weighted by molar-refractivity contribution is 0.194. The molecule has 1 spiro atoms. The Balaban J connectivity index is 1.51. The molecule has 2 aromatic rings. The van der Waals surface area contributed by atoms with Gasteiger partial charge in [-0.3, -0.25) is 4.99 Å². The van der Waals surface area contributed by atoms with Gasteiger partial charge in [-0.05, 0) is 43.5 Å². The summed E-state index contributed by atoms with van der Waals surface area (Å²) in [6.07, 6.45) is 2.41. The van der Waals surface area contributed by atoms with Crippen LogP contribution in [0.25, 0.3) is 10.2 Å². The normalized spacial score (nSPS) is 27.2.